The SMILES string of the molecule is Nc1cn[nH]c1C(=O)N1CCOCC1C(=O)NC1CC1. The summed E-state index contributed by atoms with van der Waals surface area (Å²) in [5.74, 6) is -0.488. The fourth-order valence-electron chi connectivity index (χ4n) is 2.20. The highest BCUT2D eigenvalue weighted by Gasteiger charge is 2.36. The lowest BCUT2D eigenvalue weighted by molar-refractivity contribution is -0.130. The molecule has 0 aromatic carbocycles. The number of nitrogen functional groups attached to an aromatic ring is 1. The molecule has 1 saturated heterocycles. The topological polar surface area (TPSA) is 113 Å². The fraction of sp³-hybridized carbons (Fsp3) is 0.583. The first-order valence-electron chi connectivity index (χ1n) is 6.64. The Hall–Kier alpha value is -2.09. The van der Waals surface area contributed by atoms with Gasteiger partial charge < -0.3 is 20.7 Å². The quantitative estimate of drug-likeness (QED) is 0.664. The number of aromatic amines is 1. The van der Waals surface area contributed by atoms with Crippen molar-refractivity contribution in [2.75, 3.05) is 25.5 Å². The molecular formula is C12H17N5O3. The Morgan fingerprint density at radius 3 is 2.95 bits per heavy atom. The summed E-state index contributed by atoms with van der Waals surface area (Å²) in [6.45, 7) is 0.978. The Morgan fingerprint density at radius 2 is 2.30 bits per heavy atom. The van der Waals surface area contributed by atoms with Gasteiger partial charge in [-0.1, -0.05) is 0 Å². The zero-order valence-corrected chi connectivity index (χ0v) is 11.0. The molecule has 2 fully saturated rings. The third-order valence-electron chi connectivity index (χ3n) is 3.50. The monoisotopic (exact) mass is 279 g/mol. The number of hydrogen-bond donors (Lipinski definition) is 3. The summed E-state index contributed by atoms with van der Waals surface area (Å²) >= 11 is 0. The van der Waals surface area contributed by atoms with E-state index in [9.17, 15) is 9.59 Å². The van der Waals surface area contributed by atoms with Gasteiger partial charge in [0.25, 0.3) is 5.91 Å². The number of amides is 2. The van der Waals surface area contributed by atoms with Crippen LogP contribution in [0.4, 0.5) is 5.69 Å². The highest BCUT2D eigenvalue weighted by atomic mass is 16.5. The van der Waals surface area contributed by atoms with Crippen LogP contribution in [0.25, 0.3) is 0 Å². The van der Waals surface area contributed by atoms with Crippen LogP contribution >= 0.6 is 0 Å². The molecular weight excluding hydrogens is 262 g/mol. The molecule has 1 saturated carbocycles. The molecule has 0 bridgehead atoms. The van der Waals surface area contributed by atoms with E-state index in [1.54, 1.807) is 0 Å². The van der Waals surface area contributed by atoms with Crippen molar-refractivity contribution >= 4 is 17.5 Å². The maximum Gasteiger partial charge on any atom is 0.274 e. The Morgan fingerprint density at radius 1 is 1.50 bits per heavy atom. The third-order valence-corrected chi connectivity index (χ3v) is 3.50. The van der Waals surface area contributed by atoms with Crippen molar-refractivity contribution in [2.24, 2.45) is 0 Å². The Kier molecular flexibility index (Phi) is 3.31. The number of ether oxygens (including phenoxy) is 1. The molecule has 0 spiro atoms. The highest BCUT2D eigenvalue weighted by Crippen LogP contribution is 2.20. The van der Waals surface area contributed by atoms with Crippen molar-refractivity contribution in [3.05, 3.63) is 11.9 Å². The van der Waals surface area contributed by atoms with Crippen LogP contribution in [0.2, 0.25) is 0 Å². The fourth-order valence-corrected chi connectivity index (χ4v) is 2.20. The average molecular weight is 279 g/mol. The maximum atomic E-state index is 12.4. The first kappa shape index (κ1) is 12.9. The second kappa shape index (κ2) is 5.12. The molecule has 3 rings (SSSR count). The summed E-state index contributed by atoms with van der Waals surface area (Å²) < 4.78 is 5.32. The van der Waals surface area contributed by atoms with Gasteiger partial charge in [-0.15, -0.1) is 0 Å². The molecule has 20 heavy (non-hydrogen) atoms. The lowest BCUT2D eigenvalue weighted by atomic mass is 10.2. The standard InChI is InChI=1S/C12H17N5O3/c13-8-5-14-16-10(8)12(19)17-3-4-20-6-9(17)11(18)15-7-1-2-7/h5,7,9H,1-4,6,13H2,(H,14,16)(H,15,18). The number of carbonyl (C=O) groups is 2. The molecule has 0 radical (unpaired) electrons. The summed E-state index contributed by atoms with van der Waals surface area (Å²) in [5.41, 5.74) is 6.19. The summed E-state index contributed by atoms with van der Waals surface area (Å²) in [6.07, 6.45) is 3.38. The van der Waals surface area contributed by atoms with Crippen LogP contribution in [-0.4, -0.2) is 58.8 Å². The van der Waals surface area contributed by atoms with Crippen molar-refractivity contribution < 1.29 is 14.3 Å². The van der Waals surface area contributed by atoms with Crippen LogP contribution in [-0.2, 0) is 9.53 Å². The van der Waals surface area contributed by atoms with Gasteiger partial charge in [0.1, 0.15) is 11.7 Å². The number of rotatable bonds is 3. The summed E-state index contributed by atoms with van der Waals surface area (Å²) in [5, 5.41) is 9.21. The van der Waals surface area contributed by atoms with E-state index >= 15 is 0 Å². The van der Waals surface area contributed by atoms with Crippen molar-refractivity contribution in [1.82, 2.24) is 20.4 Å². The summed E-state index contributed by atoms with van der Waals surface area (Å²) in [6, 6.07) is -0.363. The number of nitrogens with zero attached hydrogens (tertiary/aromatic N) is 2. The van der Waals surface area contributed by atoms with Crippen LogP contribution < -0.4 is 11.1 Å². The van der Waals surface area contributed by atoms with Crippen molar-refractivity contribution in [2.45, 2.75) is 24.9 Å². The predicted octanol–water partition coefficient (Wildman–Crippen LogP) is -0.888. The number of hydrogen-bond acceptors (Lipinski definition) is 5. The molecule has 1 atom stereocenters. The number of anilines is 1. The average Bonchev–Trinajstić information content (AvgIpc) is 3.17. The molecule has 1 aliphatic carbocycles. The molecule has 2 amide bonds. The second-order valence-electron chi connectivity index (χ2n) is 5.07. The summed E-state index contributed by atoms with van der Waals surface area (Å²) in [7, 11) is 0. The molecule has 1 aromatic rings. The minimum absolute atomic E-state index is 0.168. The van der Waals surface area contributed by atoms with Crippen LogP contribution in [0.1, 0.15) is 23.3 Å². The molecule has 1 aliphatic heterocycles. The largest absolute Gasteiger partial charge is 0.396 e. The van der Waals surface area contributed by atoms with Gasteiger partial charge in [-0.2, -0.15) is 5.10 Å². The Labute approximate surface area is 115 Å². The Balaban J connectivity index is 1.75. The molecule has 8 nitrogen and oxygen atoms in total. The van der Waals surface area contributed by atoms with Gasteiger partial charge in [-0.25, -0.2) is 0 Å². The molecule has 2 aliphatic rings. The smallest absolute Gasteiger partial charge is 0.274 e. The van der Waals surface area contributed by atoms with Crippen LogP contribution in [0.5, 0.6) is 0 Å². The number of aromatic nitrogens is 2. The zero-order valence-electron chi connectivity index (χ0n) is 11.0. The van der Waals surface area contributed by atoms with Crippen LogP contribution in [0.15, 0.2) is 6.20 Å². The van der Waals surface area contributed by atoms with E-state index in [1.807, 2.05) is 0 Å². The third kappa shape index (κ3) is 2.46. The first-order valence-corrected chi connectivity index (χ1v) is 6.64. The van der Waals surface area contributed by atoms with E-state index in [2.05, 4.69) is 15.5 Å². The summed E-state index contributed by atoms with van der Waals surface area (Å²) in [4.78, 5) is 26.1. The van der Waals surface area contributed by atoms with Gasteiger partial charge in [0.05, 0.1) is 25.1 Å². The zero-order chi connectivity index (χ0) is 14.1. The van der Waals surface area contributed by atoms with E-state index in [4.69, 9.17) is 10.5 Å². The van der Waals surface area contributed by atoms with Gasteiger partial charge >= 0.3 is 0 Å². The van der Waals surface area contributed by atoms with Gasteiger partial charge in [-0.3, -0.25) is 14.7 Å². The minimum atomic E-state index is -0.612. The Bertz CT molecular complexity index is 525. The molecule has 108 valence electrons. The molecule has 4 N–H and O–H groups in total. The predicted molar refractivity (Wildman–Crippen MR) is 69.8 cm³/mol. The van der Waals surface area contributed by atoms with Gasteiger partial charge in [0.15, 0.2) is 0 Å². The normalized spacial score (nSPS) is 22.6. The van der Waals surface area contributed by atoms with Gasteiger partial charge in [-0.05, 0) is 12.8 Å². The van der Waals surface area contributed by atoms with E-state index in [0.717, 1.165) is 12.8 Å². The number of nitrogens with two attached hydrogens (primary N) is 1. The lowest BCUT2D eigenvalue weighted by Gasteiger charge is -2.34. The minimum Gasteiger partial charge on any atom is -0.396 e. The molecule has 2 heterocycles. The lowest BCUT2D eigenvalue weighted by Crippen LogP contribution is -2.56. The van der Waals surface area contributed by atoms with Crippen LogP contribution in [0.3, 0.4) is 0 Å². The number of nitrogens with one attached hydrogen (secondary N) is 2. The number of H-pyrrole nitrogens is 1. The van der Waals surface area contributed by atoms with E-state index in [-0.39, 0.29) is 35.8 Å². The van der Waals surface area contributed by atoms with E-state index in [0.29, 0.717) is 13.2 Å². The van der Waals surface area contributed by atoms with Crippen LogP contribution in [0, 0.1) is 0 Å². The molecule has 8 heteroatoms. The molecule has 1 unspecified atom stereocenters. The maximum absolute atomic E-state index is 12.4. The van der Waals surface area contributed by atoms with Gasteiger partial charge in [0.2, 0.25) is 5.91 Å². The van der Waals surface area contributed by atoms with E-state index in [1.165, 1.54) is 11.1 Å². The van der Waals surface area contributed by atoms with Crippen molar-refractivity contribution in [3.63, 3.8) is 0 Å². The van der Waals surface area contributed by atoms with Gasteiger partial charge in [0, 0.05) is 12.6 Å². The first-order chi connectivity index (χ1) is 9.66. The number of carbonyl (C=O) groups excluding carboxylic acids is 2. The van der Waals surface area contributed by atoms with E-state index < -0.39 is 6.04 Å². The number of morpholine rings is 1. The molecule has 1 aromatic heterocycles. The van der Waals surface area contributed by atoms with Crippen molar-refractivity contribution in [3.8, 4) is 0 Å². The second-order valence-corrected chi connectivity index (χ2v) is 5.07. The van der Waals surface area contributed by atoms with Crippen molar-refractivity contribution in [1.29, 1.82) is 0 Å². The highest BCUT2D eigenvalue weighted by molar-refractivity contribution is 5.99.